The fourth-order valence-electron chi connectivity index (χ4n) is 1.14. The molecule has 1 saturated carbocycles. The molecule has 1 fully saturated rings. The Labute approximate surface area is 59.3 Å². The van der Waals surface area contributed by atoms with Gasteiger partial charge in [-0.1, -0.05) is 6.42 Å². The van der Waals surface area contributed by atoms with Gasteiger partial charge in [-0.2, -0.15) is 5.26 Å². The number of hydrogen-bond acceptors (Lipinski definition) is 2. The lowest BCUT2D eigenvalue weighted by Crippen LogP contribution is -2.27. The van der Waals surface area contributed by atoms with Crippen LogP contribution in [0.4, 0.5) is 0 Å². The Kier molecular flexibility index (Phi) is 1.91. The highest BCUT2D eigenvalue weighted by Crippen LogP contribution is 2.33. The quantitative estimate of drug-likeness (QED) is 0.621. The first-order valence-corrected chi connectivity index (χ1v) is 3.38. The van der Waals surface area contributed by atoms with Gasteiger partial charge in [0, 0.05) is 0 Å². The summed E-state index contributed by atoms with van der Waals surface area (Å²) >= 11 is 0. The molecule has 0 aromatic carbocycles. The van der Waals surface area contributed by atoms with E-state index in [1.807, 2.05) is 0 Å². The summed E-state index contributed by atoms with van der Waals surface area (Å²) in [6, 6.07) is 1.80. The van der Waals surface area contributed by atoms with Gasteiger partial charge in [-0.15, -0.1) is 0 Å². The van der Waals surface area contributed by atoms with E-state index in [1.165, 1.54) is 0 Å². The topological polar surface area (TPSA) is 61.1 Å². The summed E-state index contributed by atoms with van der Waals surface area (Å²) in [6.45, 7) is 0. The number of aliphatic carboxylic acids is 1. The monoisotopic (exact) mass is 139 g/mol. The zero-order valence-electron chi connectivity index (χ0n) is 5.58. The van der Waals surface area contributed by atoms with Gasteiger partial charge in [0.2, 0.25) is 0 Å². The first-order chi connectivity index (χ1) is 4.75. The molecule has 1 rings (SSSR count). The SMILES string of the molecule is N#CC(C(=O)O)C1CCC1. The normalized spacial score (nSPS) is 20.7. The summed E-state index contributed by atoms with van der Waals surface area (Å²) < 4.78 is 0. The van der Waals surface area contributed by atoms with Crippen LogP contribution in [0.15, 0.2) is 0 Å². The van der Waals surface area contributed by atoms with Crippen LogP contribution in [0.2, 0.25) is 0 Å². The molecule has 0 aromatic heterocycles. The molecule has 0 heterocycles. The molecule has 1 aliphatic rings. The summed E-state index contributed by atoms with van der Waals surface area (Å²) in [7, 11) is 0. The zero-order chi connectivity index (χ0) is 7.56. The molecule has 0 saturated heterocycles. The predicted octanol–water partition coefficient (Wildman–Crippen LogP) is 1.01. The van der Waals surface area contributed by atoms with Crippen molar-refractivity contribution in [1.29, 1.82) is 5.26 Å². The standard InChI is InChI=1S/C7H9NO2/c8-4-6(7(9)10)5-2-1-3-5/h5-6H,1-3H2,(H,9,10). The minimum Gasteiger partial charge on any atom is -0.480 e. The number of nitrogens with zero attached hydrogens (tertiary/aromatic N) is 1. The van der Waals surface area contributed by atoms with E-state index in [4.69, 9.17) is 10.4 Å². The molecule has 1 unspecified atom stereocenters. The second-order valence-electron chi connectivity index (χ2n) is 2.64. The Morgan fingerprint density at radius 3 is 2.40 bits per heavy atom. The largest absolute Gasteiger partial charge is 0.480 e. The highest BCUT2D eigenvalue weighted by Gasteiger charge is 2.32. The van der Waals surface area contributed by atoms with Gasteiger partial charge in [0.25, 0.3) is 0 Å². The van der Waals surface area contributed by atoms with E-state index in [1.54, 1.807) is 6.07 Å². The second-order valence-corrected chi connectivity index (χ2v) is 2.64. The van der Waals surface area contributed by atoms with E-state index < -0.39 is 11.9 Å². The second kappa shape index (κ2) is 2.70. The average molecular weight is 139 g/mol. The lowest BCUT2D eigenvalue weighted by molar-refractivity contribution is -0.142. The fraction of sp³-hybridized carbons (Fsp3) is 0.714. The van der Waals surface area contributed by atoms with Gasteiger partial charge in [0.15, 0.2) is 0 Å². The van der Waals surface area contributed by atoms with Crippen LogP contribution in [0.25, 0.3) is 0 Å². The van der Waals surface area contributed by atoms with Crippen LogP contribution < -0.4 is 0 Å². The number of carboxylic acids is 1. The zero-order valence-corrected chi connectivity index (χ0v) is 5.58. The molecule has 0 bridgehead atoms. The first-order valence-electron chi connectivity index (χ1n) is 3.38. The van der Waals surface area contributed by atoms with Crippen LogP contribution in [0.3, 0.4) is 0 Å². The van der Waals surface area contributed by atoms with Crippen molar-refractivity contribution in [3.63, 3.8) is 0 Å². The van der Waals surface area contributed by atoms with E-state index in [0.29, 0.717) is 0 Å². The Hall–Kier alpha value is -1.04. The first kappa shape index (κ1) is 7.07. The molecule has 0 aliphatic heterocycles. The van der Waals surface area contributed by atoms with Crippen LogP contribution in [-0.2, 0) is 4.79 Å². The van der Waals surface area contributed by atoms with Gasteiger partial charge in [0.05, 0.1) is 6.07 Å². The van der Waals surface area contributed by atoms with Crippen molar-refractivity contribution in [2.45, 2.75) is 19.3 Å². The summed E-state index contributed by atoms with van der Waals surface area (Å²) in [5, 5.41) is 16.9. The Morgan fingerprint density at radius 2 is 2.30 bits per heavy atom. The summed E-state index contributed by atoms with van der Waals surface area (Å²) in [4.78, 5) is 10.3. The van der Waals surface area contributed by atoms with Crippen LogP contribution in [-0.4, -0.2) is 11.1 Å². The smallest absolute Gasteiger partial charge is 0.321 e. The van der Waals surface area contributed by atoms with Gasteiger partial charge in [-0.3, -0.25) is 4.79 Å². The van der Waals surface area contributed by atoms with Gasteiger partial charge >= 0.3 is 5.97 Å². The molecule has 3 heteroatoms. The highest BCUT2D eigenvalue weighted by molar-refractivity contribution is 5.73. The molecule has 1 N–H and O–H groups in total. The third kappa shape index (κ3) is 1.10. The van der Waals surface area contributed by atoms with Crippen LogP contribution in [0.5, 0.6) is 0 Å². The third-order valence-corrected chi connectivity index (χ3v) is 2.03. The van der Waals surface area contributed by atoms with Crippen molar-refractivity contribution in [2.75, 3.05) is 0 Å². The number of hydrogen-bond donors (Lipinski definition) is 1. The predicted molar refractivity (Wildman–Crippen MR) is 34.1 cm³/mol. The molecule has 0 amide bonds. The molecule has 1 atom stereocenters. The minimum atomic E-state index is -0.966. The minimum absolute atomic E-state index is 0.127. The lowest BCUT2D eigenvalue weighted by Gasteiger charge is -2.26. The van der Waals surface area contributed by atoms with Crippen molar-refractivity contribution in [3.05, 3.63) is 0 Å². The molecule has 0 aromatic rings. The van der Waals surface area contributed by atoms with Gasteiger partial charge < -0.3 is 5.11 Å². The summed E-state index contributed by atoms with van der Waals surface area (Å²) in [6.07, 6.45) is 2.89. The van der Waals surface area contributed by atoms with Crippen molar-refractivity contribution < 1.29 is 9.90 Å². The van der Waals surface area contributed by atoms with Gasteiger partial charge in [0.1, 0.15) is 5.92 Å². The maximum atomic E-state index is 10.3. The van der Waals surface area contributed by atoms with Crippen molar-refractivity contribution in [3.8, 4) is 6.07 Å². The van der Waals surface area contributed by atoms with Crippen LogP contribution in [0, 0.1) is 23.2 Å². The number of rotatable bonds is 2. The molecular formula is C7H9NO2. The molecule has 3 nitrogen and oxygen atoms in total. The summed E-state index contributed by atoms with van der Waals surface area (Å²) in [5.41, 5.74) is 0. The van der Waals surface area contributed by atoms with Crippen LogP contribution in [0.1, 0.15) is 19.3 Å². The van der Waals surface area contributed by atoms with E-state index in [9.17, 15) is 4.79 Å². The number of carbonyl (C=O) groups is 1. The highest BCUT2D eigenvalue weighted by atomic mass is 16.4. The Bertz CT molecular complexity index is 179. The van der Waals surface area contributed by atoms with E-state index in [2.05, 4.69) is 0 Å². The van der Waals surface area contributed by atoms with E-state index in [-0.39, 0.29) is 5.92 Å². The fourth-order valence-corrected chi connectivity index (χ4v) is 1.14. The van der Waals surface area contributed by atoms with Crippen molar-refractivity contribution in [2.24, 2.45) is 11.8 Å². The van der Waals surface area contributed by atoms with E-state index in [0.717, 1.165) is 19.3 Å². The van der Waals surface area contributed by atoms with Crippen molar-refractivity contribution in [1.82, 2.24) is 0 Å². The maximum absolute atomic E-state index is 10.3. The third-order valence-electron chi connectivity index (χ3n) is 2.03. The Morgan fingerprint density at radius 1 is 1.70 bits per heavy atom. The maximum Gasteiger partial charge on any atom is 0.321 e. The molecule has 0 spiro atoms. The molecule has 10 heavy (non-hydrogen) atoms. The Balaban J connectivity index is 2.49. The molecule has 54 valence electrons. The van der Waals surface area contributed by atoms with Crippen molar-refractivity contribution >= 4 is 5.97 Å². The molecule has 1 aliphatic carbocycles. The van der Waals surface area contributed by atoms with Gasteiger partial charge in [-0.05, 0) is 18.8 Å². The summed E-state index contributed by atoms with van der Waals surface area (Å²) in [5.74, 6) is -1.59. The average Bonchev–Trinajstić information content (AvgIpc) is 1.76. The van der Waals surface area contributed by atoms with Gasteiger partial charge in [-0.25, -0.2) is 0 Å². The van der Waals surface area contributed by atoms with Crippen LogP contribution >= 0.6 is 0 Å². The lowest BCUT2D eigenvalue weighted by atomic mass is 9.76. The van der Waals surface area contributed by atoms with E-state index >= 15 is 0 Å². The molecular weight excluding hydrogens is 130 g/mol. The molecule has 0 radical (unpaired) electrons. The number of nitriles is 1. The number of carboxylic acid groups (broad SMARTS) is 1.